The predicted octanol–water partition coefficient (Wildman–Crippen LogP) is 2.20. The lowest BCUT2D eigenvalue weighted by Crippen LogP contribution is -2.29. The van der Waals surface area contributed by atoms with Crippen LogP contribution in [-0.4, -0.2) is 9.55 Å². The van der Waals surface area contributed by atoms with Gasteiger partial charge in [-0.1, -0.05) is 12.8 Å². The first-order valence-corrected chi connectivity index (χ1v) is 5.35. The number of H-pyrrole nitrogens is 1. The van der Waals surface area contributed by atoms with Gasteiger partial charge in [0.25, 0.3) is 5.56 Å². The monoisotopic (exact) mass is 210 g/mol. The third-order valence-corrected chi connectivity index (χ3v) is 3.38. The lowest BCUT2D eigenvalue weighted by atomic mass is 10.0. The van der Waals surface area contributed by atoms with E-state index in [1.165, 1.54) is 12.8 Å². The Morgan fingerprint density at radius 1 is 1.50 bits per heavy atom. The van der Waals surface area contributed by atoms with Crippen molar-refractivity contribution in [3.63, 3.8) is 0 Å². The summed E-state index contributed by atoms with van der Waals surface area (Å²) < 4.78 is 2.57. The van der Waals surface area contributed by atoms with Crippen LogP contribution in [0.5, 0.6) is 0 Å². The molecule has 0 amide bonds. The molecule has 0 spiro atoms. The van der Waals surface area contributed by atoms with E-state index in [4.69, 9.17) is 12.2 Å². The molecule has 1 heterocycles. The quantitative estimate of drug-likeness (QED) is 0.721. The van der Waals surface area contributed by atoms with Gasteiger partial charge in [0.05, 0.1) is 0 Å². The Morgan fingerprint density at radius 2 is 2.14 bits per heavy atom. The fraction of sp³-hybridized carbons (Fsp3) is 0.600. The van der Waals surface area contributed by atoms with Crippen LogP contribution in [0.2, 0.25) is 0 Å². The molecule has 0 atom stereocenters. The zero-order chi connectivity index (χ0) is 10.2. The number of aromatic nitrogens is 2. The number of nitrogens with zero attached hydrogens (tertiary/aromatic N) is 1. The number of hydrogen-bond donors (Lipinski definition) is 1. The van der Waals surface area contributed by atoms with Crippen molar-refractivity contribution in [2.45, 2.75) is 38.1 Å². The third-order valence-electron chi connectivity index (χ3n) is 3.09. The molecule has 1 aromatic rings. The molecule has 0 aliphatic heterocycles. The van der Waals surface area contributed by atoms with Crippen molar-refractivity contribution in [2.75, 3.05) is 0 Å². The van der Waals surface area contributed by atoms with E-state index < -0.39 is 0 Å². The van der Waals surface area contributed by atoms with Gasteiger partial charge in [-0.15, -0.1) is 0 Å². The first-order valence-electron chi connectivity index (χ1n) is 4.94. The maximum atomic E-state index is 11.0. The van der Waals surface area contributed by atoms with Crippen LogP contribution >= 0.6 is 12.2 Å². The van der Waals surface area contributed by atoms with Crippen molar-refractivity contribution < 1.29 is 0 Å². The molecule has 3 nitrogen and oxygen atoms in total. The molecule has 0 saturated heterocycles. The van der Waals surface area contributed by atoms with Crippen molar-refractivity contribution in [1.82, 2.24) is 9.55 Å². The van der Waals surface area contributed by atoms with Crippen molar-refractivity contribution in [2.24, 2.45) is 0 Å². The second kappa shape index (κ2) is 3.35. The number of hydrogen-bond acceptors (Lipinski definition) is 2. The van der Waals surface area contributed by atoms with Gasteiger partial charge in [-0.3, -0.25) is 9.78 Å². The second-order valence-corrected chi connectivity index (χ2v) is 4.57. The minimum absolute atomic E-state index is 0.112. The summed E-state index contributed by atoms with van der Waals surface area (Å²) in [5.74, 6) is 0. The van der Waals surface area contributed by atoms with Crippen LogP contribution in [0.3, 0.4) is 0 Å². The van der Waals surface area contributed by atoms with Gasteiger partial charge in [-0.25, -0.2) is 0 Å². The molecule has 1 saturated carbocycles. The lowest BCUT2D eigenvalue weighted by molar-refractivity contribution is 0.319. The molecule has 0 bridgehead atoms. The van der Waals surface area contributed by atoms with Crippen LogP contribution in [0.25, 0.3) is 0 Å². The maximum Gasteiger partial charge on any atom is 0.251 e. The van der Waals surface area contributed by atoms with Crippen LogP contribution in [0.4, 0.5) is 0 Å². The van der Waals surface area contributed by atoms with Gasteiger partial charge in [0, 0.05) is 17.8 Å². The summed E-state index contributed by atoms with van der Waals surface area (Å²) in [5.41, 5.74) is -0.00535. The van der Waals surface area contributed by atoms with Crippen LogP contribution in [-0.2, 0) is 5.54 Å². The average Bonchev–Trinajstić information content (AvgIpc) is 2.52. The molecule has 0 aromatic carbocycles. The molecule has 1 fully saturated rings. The van der Waals surface area contributed by atoms with Crippen molar-refractivity contribution in [1.29, 1.82) is 0 Å². The van der Waals surface area contributed by atoms with Gasteiger partial charge >= 0.3 is 0 Å². The van der Waals surface area contributed by atoms with Crippen LogP contribution in [0.1, 0.15) is 32.6 Å². The van der Waals surface area contributed by atoms with Crippen molar-refractivity contribution in [3.05, 3.63) is 27.4 Å². The highest BCUT2D eigenvalue weighted by Crippen LogP contribution is 2.35. The standard InChI is InChI=1S/C10H14N2OS/c1-10(5-2-3-6-10)12-7-4-8(13)11-9(12)14/h4,7H,2-3,5-6H2,1H3,(H,11,13,14). The van der Waals surface area contributed by atoms with Crippen LogP contribution in [0, 0.1) is 4.77 Å². The summed E-state index contributed by atoms with van der Waals surface area (Å²) in [7, 11) is 0. The Morgan fingerprint density at radius 3 is 2.71 bits per heavy atom. The smallest absolute Gasteiger partial charge is 0.251 e. The molecular formula is C10H14N2OS. The SMILES string of the molecule is CC1(n2ccc(=O)[nH]c2=S)CCCC1. The van der Waals surface area contributed by atoms with E-state index in [1.807, 2.05) is 10.8 Å². The highest BCUT2D eigenvalue weighted by molar-refractivity contribution is 7.71. The second-order valence-electron chi connectivity index (χ2n) is 4.18. The fourth-order valence-electron chi connectivity index (χ4n) is 2.22. The molecule has 76 valence electrons. The van der Waals surface area contributed by atoms with Gasteiger partial charge in [0.2, 0.25) is 0 Å². The molecule has 0 unspecified atom stereocenters. The number of rotatable bonds is 1. The van der Waals surface area contributed by atoms with E-state index in [0.717, 1.165) is 12.8 Å². The summed E-state index contributed by atoms with van der Waals surface area (Å²) in [6, 6.07) is 1.54. The van der Waals surface area contributed by atoms with Crippen molar-refractivity contribution in [3.8, 4) is 0 Å². The molecule has 1 aliphatic rings. The molecule has 2 rings (SSSR count). The first kappa shape index (κ1) is 9.65. The zero-order valence-electron chi connectivity index (χ0n) is 8.25. The Hall–Kier alpha value is -0.900. The Kier molecular flexibility index (Phi) is 2.31. The van der Waals surface area contributed by atoms with Gasteiger partial charge in [-0.05, 0) is 32.0 Å². The first-order chi connectivity index (χ1) is 6.62. The summed E-state index contributed by atoms with van der Waals surface area (Å²) in [6.07, 6.45) is 6.60. The van der Waals surface area contributed by atoms with E-state index >= 15 is 0 Å². The highest BCUT2D eigenvalue weighted by atomic mass is 32.1. The van der Waals surface area contributed by atoms with Gasteiger partial charge in [0.1, 0.15) is 0 Å². The molecule has 14 heavy (non-hydrogen) atoms. The number of nitrogens with one attached hydrogen (secondary N) is 1. The largest absolute Gasteiger partial charge is 0.319 e. The molecule has 0 radical (unpaired) electrons. The third kappa shape index (κ3) is 1.54. The summed E-state index contributed by atoms with van der Waals surface area (Å²) in [6.45, 7) is 2.20. The minimum atomic E-state index is -0.118. The van der Waals surface area contributed by atoms with Crippen LogP contribution < -0.4 is 5.56 Å². The Labute approximate surface area is 87.8 Å². The lowest BCUT2D eigenvalue weighted by Gasteiger charge is -2.27. The average molecular weight is 210 g/mol. The maximum absolute atomic E-state index is 11.0. The van der Waals surface area contributed by atoms with Crippen LogP contribution in [0.15, 0.2) is 17.1 Å². The Balaban J connectivity index is 2.51. The molecule has 1 N–H and O–H groups in total. The van der Waals surface area contributed by atoms with Crippen molar-refractivity contribution >= 4 is 12.2 Å². The summed E-state index contributed by atoms with van der Waals surface area (Å²) in [4.78, 5) is 13.7. The molecule has 1 aromatic heterocycles. The summed E-state index contributed by atoms with van der Waals surface area (Å²) in [5, 5.41) is 0. The Bertz CT molecular complexity index is 440. The zero-order valence-corrected chi connectivity index (χ0v) is 9.06. The van der Waals surface area contributed by atoms with E-state index in [0.29, 0.717) is 4.77 Å². The topological polar surface area (TPSA) is 37.8 Å². The van der Waals surface area contributed by atoms with E-state index in [1.54, 1.807) is 6.07 Å². The van der Waals surface area contributed by atoms with Gasteiger partial charge in [0.15, 0.2) is 4.77 Å². The minimum Gasteiger partial charge on any atom is -0.319 e. The normalized spacial score (nSPS) is 19.8. The number of aromatic amines is 1. The molecule has 4 heteroatoms. The molecule has 1 aliphatic carbocycles. The van der Waals surface area contributed by atoms with E-state index in [-0.39, 0.29) is 11.1 Å². The van der Waals surface area contributed by atoms with E-state index in [2.05, 4.69) is 11.9 Å². The van der Waals surface area contributed by atoms with Gasteiger partial charge in [-0.2, -0.15) is 0 Å². The van der Waals surface area contributed by atoms with Gasteiger partial charge < -0.3 is 4.57 Å². The predicted molar refractivity (Wildman–Crippen MR) is 58.0 cm³/mol. The van der Waals surface area contributed by atoms with E-state index in [9.17, 15) is 4.79 Å². The fourth-order valence-corrected chi connectivity index (χ4v) is 2.60. The highest BCUT2D eigenvalue weighted by Gasteiger charge is 2.30. The summed E-state index contributed by atoms with van der Waals surface area (Å²) >= 11 is 5.16. The molecular weight excluding hydrogens is 196 g/mol.